The molecular formula is C61H101N21O17S2. The Morgan fingerprint density at radius 3 is 1.14 bits per heavy atom. The van der Waals surface area contributed by atoms with Crippen LogP contribution in [0.3, 0.4) is 0 Å². The molecule has 0 unspecified atom stereocenters. The smallest absolute Gasteiger partial charge is 0.326 e. The predicted molar refractivity (Wildman–Crippen MR) is 375 cm³/mol. The van der Waals surface area contributed by atoms with Crippen molar-refractivity contribution in [2.24, 2.45) is 45.9 Å². The number of thiol groups is 2. The van der Waals surface area contributed by atoms with Crippen molar-refractivity contribution >= 4 is 108 Å². The molecule has 0 radical (unpaired) electrons. The van der Waals surface area contributed by atoms with Crippen molar-refractivity contribution in [3.8, 4) is 11.5 Å². The second-order valence-corrected chi connectivity index (χ2v) is 25.5. The lowest BCUT2D eigenvalue weighted by Gasteiger charge is -2.32. The molecule has 33 N–H and O–H groups in total. The predicted octanol–water partition coefficient (Wildman–Crippen LogP) is -9.08. The second-order valence-electron chi connectivity index (χ2n) is 24.0. The summed E-state index contributed by atoms with van der Waals surface area (Å²) in [6, 6.07) is -7.02. The lowest BCUT2D eigenvalue weighted by molar-refractivity contribution is -0.142. The zero-order valence-corrected chi connectivity index (χ0v) is 58.1. The van der Waals surface area contributed by atoms with Crippen molar-refractivity contribution < 1.29 is 82.8 Å². The van der Waals surface area contributed by atoms with Gasteiger partial charge in [-0.2, -0.15) is 25.3 Å². The van der Waals surface area contributed by atoms with E-state index < -0.39 is 173 Å². The summed E-state index contributed by atoms with van der Waals surface area (Å²) < 4.78 is -1.35. The number of primary amides is 1. The van der Waals surface area contributed by atoms with E-state index in [1.54, 1.807) is 0 Å². The van der Waals surface area contributed by atoms with Crippen molar-refractivity contribution in [2.45, 2.75) is 168 Å². The van der Waals surface area contributed by atoms with Crippen LogP contribution in [0.15, 0.2) is 48.5 Å². The Kier molecular flexibility index (Phi) is 39.7. The highest BCUT2D eigenvalue weighted by Crippen LogP contribution is 2.20. The number of benzene rings is 2. The number of rotatable bonds is 48. The van der Waals surface area contributed by atoms with Crippen LogP contribution in [0, 0.1) is 5.41 Å². The molecule has 2 aromatic rings. The molecule has 564 valence electrons. The molecule has 0 saturated heterocycles. The Morgan fingerprint density at radius 2 is 0.782 bits per heavy atom. The average molecular weight is 1460 g/mol. The molecule has 0 saturated carbocycles. The average Bonchev–Trinajstić information content (AvgIpc) is 0.843. The SMILES string of the molecule is CC(C)(S)[C@H](NC(=O)[C@@H](N)Cc1ccc(O)cc1)C(=O)N[C@@H](CC(N)=O)C(=O)N[C@@H](CCCNC(=N)N)C(=O)N[C@@H](CCN)C(=O)N[C@@H](CO)C(=O)N[C@H](CCN)C(=O)N[C@@H](CCCCN)C(=O)N[C@@H](CS)C(=O)N[C@@H](CCN)C(=O)N[C@@H](CCN)C(=O)N[C@@H](Cc1ccc(O)cc1)C(=O)O. The highest BCUT2D eigenvalue weighted by Gasteiger charge is 2.40. The fourth-order valence-corrected chi connectivity index (χ4v) is 10.1. The summed E-state index contributed by atoms with van der Waals surface area (Å²) in [7, 11) is 0. The molecule has 101 heavy (non-hydrogen) atoms. The van der Waals surface area contributed by atoms with Crippen LogP contribution < -0.4 is 110 Å². The number of amides is 12. The van der Waals surface area contributed by atoms with E-state index in [1.807, 2.05) is 0 Å². The minimum absolute atomic E-state index is 0.00905. The first kappa shape index (κ1) is 87.9. The van der Waals surface area contributed by atoms with Crippen molar-refractivity contribution in [2.75, 3.05) is 51.6 Å². The number of phenolic OH excluding ortho intramolecular Hbond substituents is 2. The fraction of sp³-hybridized carbons (Fsp3) is 0.574. The molecule has 0 aliphatic carbocycles. The first-order valence-corrected chi connectivity index (χ1v) is 33.4. The highest BCUT2D eigenvalue weighted by molar-refractivity contribution is 7.81. The molecule has 0 aliphatic heterocycles. The van der Waals surface area contributed by atoms with Gasteiger partial charge < -0.3 is 130 Å². The minimum atomic E-state index is -1.86. The van der Waals surface area contributed by atoms with Crippen molar-refractivity contribution in [1.82, 2.24) is 63.8 Å². The molecule has 0 heterocycles. The third kappa shape index (κ3) is 32.4. The standard InChI is InChI=1S/C61H101N21O17S2/c1-61(2,101)47(82-48(87)35(67)26-31-8-12-33(84)13-9-31)58(97)78-42(28-46(68)86)55(94)73-37(7-5-25-71-60(69)70)49(88)74-41(19-24-66)54(93)80-44(29-83)56(95)76-38(16-21-63)51(90)72-36(6-3-4-20-62)50(89)81-45(30-100)57(96)77-39(17-22-64)52(91)75-40(18-23-65)53(92)79-43(59(98)99)27-32-10-14-34(85)15-11-32/h8-15,35-45,47,83-85,100-101H,3-7,16-30,62-67H2,1-2H3,(H2,68,86)(H,72,90)(H,73,94)(H,74,88)(H,75,91)(H,76,95)(H,77,96)(H,78,97)(H,79,92)(H,80,93)(H,81,89)(H,82,87)(H,98,99)(H4,69,70,71)/t35-,36-,37-,38+,39-,40-,41-,42-,43-,44-,45-,47+/m0/s1. The Balaban J connectivity index is 2.33. The number of carbonyl (C=O) groups is 13. The number of guanidine groups is 1. The number of hydrogen-bond donors (Lipinski definition) is 27. The van der Waals surface area contributed by atoms with Crippen molar-refractivity contribution in [1.29, 1.82) is 5.41 Å². The van der Waals surface area contributed by atoms with Gasteiger partial charge in [-0.15, -0.1) is 0 Å². The van der Waals surface area contributed by atoms with Crippen LogP contribution in [0.5, 0.6) is 11.5 Å². The summed E-state index contributed by atoms with van der Waals surface area (Å²) in [5.41, 5.74) is 47.1. The number of carboxylic acids is 1. The van der Waals surface area contributed by atoms with Crippen LogP contribution in [0.2, 0.25) is 0 Å². The summed E-state index contributed by atoms with van der Waals surface area (Å²) in [6.45, 7) is 1.09. The van der Waals surface area contributed by atoms with Gasteiger partial charge >= 0.3 is 5.97 Å². The Hall–Kier alpha value is -9.16. The number of nitrogens with one attached hydrogen (secondary N) is 13. The Bertz CT molecular complexity index is 3100. The molecule has 0 aromatic heterocycles. The van der Waals surface area contributed by atoms with Crippen LogP contribution in [-0.4, -0.2) is 232 Å². The highest BCUT2D eigenvalue weighted by atomic mass is 32.1. The van der Waals surface area contributed by atoms with Crippen LogP contribution in [0.1, 0.15) is 89.2 Å². The van der Waals surface area contributed by atoms with Gasteiger partial charge in [-0.3, -0.25) is 62.9 Å². The Labute approximate surface area is 594 Å². The number of aliphatic hydroxyl groups excluding tert-OH is 1. The molecule has 0 bridgehead atoms. The fourth-order valence-electron chi connectivity index (χ4n) is 9.66. The number of nitrogens with two attached hydrogens (primary N) is 8. The van der Waals surface area contributed by atoms with Gasteiger partial charge in [-0.05, 0) is 146 Å². The third-order valence-corrected chi connectivity index (χ3v) is 15.8. The number of aromatic hydroxyl groups is 2. The summed E-state index contributed by atoms with van der Waals surface area (Å²) in [4.78, 5) is 177. The van der Waals surface area contributed by atoms with Crippen LogP contribution in [-0.2, 0) is 75.2 Å². The third-order valence-electron chi connectivity index (χ3n) is 15.2. The van der Waals surface area contributed by atoms with Gasteiger partial charge in [-0.1, -0.05) is 24.3 Å². The summed E-state index contributed by atoms with van der Waals surface area (Å²) in [6.07, 6.45) is -1.82. The number of unbranched alkanes of at least 4 members (excludes halogenated alkanes) is 1. The zero-order chi connectivity index (χ0) is 76.1. The van der Waals surface area contributed by atoms with E-state index in [0.717, 1.165) is 0 Å². The van der Waals surface area contributed by atoms with E-state index in [4.69, 9.17) is 51.3 Å². The van der Waals surface area contributed by atoms with E-state index >= 15 is 0 Å². The normalized spacial score (nSPS) is 14.8. The number of hydrogen-bond acceptors (Lipinski definition) is 25. The number of carbonyl (C=O) groups excluding carboxylic acids is 12. The Morgan fingerprint density at radius 1 is 0.446 bits per heavy atom. The second kappa shape index (κ2) is 45.6. The van der Waals surface area contributed by atoms with Crippen molar-refractivity contribution in [3.63, 3.8) is 0 Å². The largest absolute Gasteiger partial charge is 0.508 e. The minimum Gasteiger partial charge on any atom is -0.508 e. The molecule has 2 aromatic carbocycles. The summed E-state index contributed by atoms with van der Waals surface area (Å²) in [5.74, 6) is -14.5. The number of aliphatic hydroxyl groups is 1. The number of phenols is 2. The first-order chi connectivity index (χ1) is 47.7. The van der Waals surface area contributed by atoms with Gasteiger partial charge in [0.05, 0.1) is 19.1 Å². The van der Waals surface area contributed by atoms with Crippen LogP contribution >= 0.6 is 25.3 Å². The van der Waals surface area contributed by atoms with Crippen LogP contribution in [0.4, 0.5) is 0 Å². The van der Waals surface area contributed by atoms with Crippen LogP contribution in [0.25, 0.3) is 0 Å². The van der Waals surface area contributed by atoms with Gasteiger partial charge in [-0.25, -0.2) is 4.79 Å². The molecule has 40 heteroatoms. The summed E-state index contributed by atoms with van der Waals surface area (Å²) >= 11 is 8.71. The molecule has 12 atom stereocenters. The molecule has 0 fully saturated rings. The van der Waals surface area contributed by atoms with E-state index in [0.29, 0.717) is 17.5 Å². The lowest BCUT2D eigenvalue weighted by Crippen LogP contribution is -2.63. The maximum absolute atomic E-state index is 14.2. The van der Waals surface area contributed by atoms with Gasteiger partial charge in [0.1, 0.15) is 78.0 Å². The van der Waals surface area contributed by atoms with Gasteiger partial charge in [0.25, 0.3) is 0 Å². The number of aliphatic carboxylic acids is 1. The maximum Gasteiger partial charge on any atom is 0.326 e. The molecule has 38 nitrogen and oxygen atoms in total. The molecular weight excluding hydrogens is 1360 g/mol. The summed E-state index contributed by atoms with van der Waals surface area (Å²) in [5, 5.41) is 76.4. The molecule has 12 amide bonds. The zero-order valence-electron chi connectivity index (χ0n) is 56.3. The van der Waals surface area contributed by atoms with E-state index in [-0.39, 0.29) is 121 Å². The van der Waals surface area contributed by atoms with E-state index in [1.165, 1.54) is 62.4 Å². The van der Waals surface area contributed by atoms with Gasteiger partial charge in [0, 0.05) is 23.5 Å². The van der Waals surface area contributed by atoms with Crippen molar-refractivity contribution in [3.05, 3.63) is 59.7 Å². The molecule has 2 rings (SSSR count). The topological polar surface area (TPSA) is 679 Å². The lowest BCUT2D eigenvalue weighted by atomic mass is 9.99. The molecule has 0 aliphatic rings. The van der Waals surface area contributed by atoms with E-state index in [2.05, 4.69) is 89.1 Å². The quantitative estimate of drug-likeness (QED) is 0.0127. The first-order valence-electron chi connectivity index (χ1n) is 32.4. The van der Waals surface area contributed by atoms with Gasteiger partial charge in [0.15, 0.2) is 5.96 Å². The molecule has 0 spiro atoms. The van der Waals surface area contributed by atoms with Gasteiger partial charge in [0.2, 0.25) is 70.9 Å². The van der Waals surface area contributed by atoms with E-state index in [9.17, 15) is 82.8 Å². The maximum atomic E-state index is 14.2. The monoisotopic (exact) mass is 1460 g/mol. The number of carboxylic acid groups (broad SMARTS) is 1.